The first-order valence-corrected chi connectivity index (χ1v) is 12.4. The molecular weight excluding hydrogens is 464 g/mol. The van der Waals surface area contributed by atoms with E-state index >= 15 is 0 Å². The predicted molar refractivity (Wildman–Crippen MR) is 149 cm³/mol. The van der Waals surface area contributed by atoms with Crippen LogP contribution in [-0.4, -0.2) is 19.6 Å². The van der Waals surface area contributed by atoms with E-state index in [2.05, 4.69) is 5.32 Å². The van der Waals surface area contributed by atoms with Crippen LogP contribution in [0.5, 0.6) is 0 Å². The highest BCUT2D eigenvalue weighted by Gasteiger charge is 2.23. The first-order valence-electron chi connectivity index (χ1n) is 12.4. The van der Waals surface area contributed by atoms with Gasteiger partial charge in [-0.15, -0.1) is 0 Å². The van der Waals surface area contributed by atoms with Crippen LogP contribution in [0.25, 0.3) is 27.6 Å². The normalized spacial score (nSPS) is 11.4. The molecule has 7 nitrogen and oxygen atoms in total. The molecule has 188 valence electrons. The molecule has 0 unspecified atom stereocenters. The number of fused-ring (bicyclic) bond motifs is 3. The lowest BCUT2D eigenvalue weighted by molar-refractivity contribution is -0.116. The quantitative estimate of drug-likeness (QED) is 0.382. The Morgan fingerprint density at radius 3 is 2.30 bits per heavy atom. The molecule has 1 N–H and O–H groups in total. The SMILES string of the molecule is CCc1cccc(C)c1NC(=O)Cn1c(=O)n(-c2ccc(C)cc2)c(=O)c2c1c1cc(C)ccc1n2C. The maximum Gasteiger partial charge on any atom is 0.336 e. The highest BCUT2D eigenvalue weighted by atomic mass is 16.2. The zero-order valence-corrected chi connectivity index (χ0v) is 21.8. The molecule has 2 aromatic heterocycles. The Labute approximate surface area is 214 Å². The molecule has 0 radical (unpaired) electrons. The number of nitrogens with zero attached hydrogens (tertiary/aromatic N) is 3. The highest BCUT2D eigenvalue weighted by molar-refractivity contribution is 6.06. The lowest BCUT2D eigenvalue weighted by atomic mass is 10.1. The van der Waals surface area contributed by atoms with Crippen molar-refractivity contribution in [2.45, 2.75) is 40.7 Å². The van der Waals surface area contributed by atoms with E-state index in [9.17, 15) is 14.4 Å². The second kappa shape index (κ2) is 9.24. The monoisotopic (exact) mass is 494 g/mol. The molecule has 0 aliphatic rings. The molecule has 0 saturated heterocycles. The van der Waals surface area contributed by atoms with Gasteiger partial charge in [0.15, 0.2) is 0 Å². The number of benzene rings is 3. The van der Waals surface area contributed by atoms with Crippen molar-refractivity contribution < 1.29 is 4.79 Å². The van der Waals surface area contributed by atoms with E-state index in [4.69, 9.17) is 0 Å². The Morgan fingerprint density at radius 2 is 1.59 bits per heavy atom. The summed E-state index contributed by atoms with van der Waals surface area (Å²) in [6, 6.07) is 19.0. The third-order valence-corrected chi connectivity index (χ3v) is 7.02. The van der Waals surface area contributed by atoms with Crippen LogP contribution in [0.3, 0.4) is 0 Å². The van der Waals surface area contributed by atoms with Gasteiger partial charge in [0.1, 0.15) is 12.1 Å². The number of hydrogen-bond acceptors (Lipinski definition) is 3. The van der Waals surface area contributed by atoms with Gasteiger partial charge in [0.2, 0.25) is 5.91 Å². The van der Waals surface area contributed by atoms with Crippen LogP contribution >= 0.6 is 0 Å². The second-order valence-electron chi connectivity index (χ2n) is 9.63. The molecule has 5 aromatic rings. The predicted octanol–water partition coefficient (Wildman–Crippen LogP) is 4.77. The Bertz CT molecular complexity index is 1800. The van der Waals surface area contributed by atoms with Crippen LogP contribution in [0.2, 0.25) is 0 Å². The number of carbonyl (C=O) groups is 1. The van der Waals surface area contributed by atoms with Gasteiger partial charge < -0.3 is 9.88 Å². The molecule has 2 heterocycles. The summed E-state index contributed by atoms with van der Waals surface area (Å²) < 4.78 is 4.39. The van der Waals surface area contributed by atoms with Gasteiger partial charge in [-0.1, -0.05) is 54.4 Å². The van der Waals surface area contributed by atoms with Crippen molar-refractivity contribution in [3.63, 3.8) is 0 Å². The molecule has 0 aliphatic carbocycles. The molecule has 7 heteroatoms. The molecule has 0 bridgehead atoms. The van der Waals surface area contributed by atoms with Gasteiger partial charge in [-0.2, -0.15) is 0 Å². The molecule has 0 fully saturated rings. The van der Waals surface area contributed by atoms with Gasteiger partial charge in [0.05, 0.1) is 16.7 Å². The minimum absolute atomic E-state index is 0.230. The Morgan fingerprint density at radius 1 is 0.892 bits per heavy atom. The van der Waals surface area contributed by atoms with Gasteiger partial charge in [-0.3, -0.25) is 14.2 Å². The number of amides is 1. The first-order chi connectivity index (χ1) is 17.7. The maximum atomic E-state index is 13.9. The van der Waals surface area contributed by atoms with Crippen molar-refractivity contribution in [3.05, 3.63) is 104 Å². The van der Waals surface area contributed by atoms with Gasteiger partial charge in [0.25, 0.3) is 5.56 Å². The molecule has 0 spiro atoms. The number of para-hydroxylation sites is 1. The summed E-state index contributed by atoms with van der Waals surface area (Å²) in [5, 5.41) is 3.79. The summed E-state index contributed by atoms with van der Waals surface area (Å²) in [6.07, 6.45) is 0.766. The molecule has 1 amide bonds. The number of carbonyl (C=O) groups excluding carboxylic acids is 1. The van der Waals surface area contributed by atoms with E-state index in [0.29, 0.717) is 16.7 Å². The van der Waals surface area contributed by atoms with Crippen LogP contribution in [0.1, 0.15) is 29.2 Å². The number of aryl methyl sites for hydroxylation is 5. The molecule has 0 aliphatic heterocycles. The fraction of sp³-hybridized carbons (Fsp3) is 0.233. The zero-order chi connectivity index (χ0) is 26.4. The van der Waals surface area contributed by atoms with Crippen LogP contribution in [0.15, 0.2) is 70.3 Å². The maximum absolute atomic E-state index is 13.9. The van der Waals surface area contributed by atoms with E-state index in [0.717, 1.165) is 49.8 Å². The van der Waals surface area contributed by atoms with Crippen molar-refractivity contribution in [3.8, 4) is 5.69 Å². The van der Waals surface area contributed by atoms with Crippen molar-refractivity contribution in [1.82, 2.24) is 13.7 Å². The summed E-state index contributed by atoms with van der Waals surface area (Å²) >= 11 is 0. The van der Waals surface area contributed by atoms with Crippen molar-refractivity contribution in [2.24, 2.45) is 7.05 Å². The van der Waals surface area contributed by atoms with E-state index in [1.807, 2.05) is 87.8 Å². The average Bonchev–Trinajstić information content (AvgIpc) is 3.15. The number of rotatable bonds is 5. The van der Waals surface area contributed by atoms with E-state index < -0.39 is 11.2 Å². The highest BCUT2D eigenvalue weighted by Crippen LogP contribution is 2.27. The van der Waals surface area contributed by atoms with Crippen LogP contribution in [0, 0.1) is 20.8 Å². The molecule has 37 heavy (non-hydrogen) atoms. The lowest BCUT2D eigenvalue weighted by Crippen LogP contribution is -2.41. The second-order valence-corrected chi connectivity index (χ2v) is 9.63. The van der Waals surface area contributed by atoms with Crippen molar-refractivity contribution in [1.29, 1.82) is 0 Å². The fourth-order valence-corrected chi connectivity index (χ4v) is 5.06. The Balaban J connectivity index is 1.77. The molecular formula is C30H30N4O3. The largest absolute Gasteiger partial charge is 0.338 e. The van der Waals surface area contributed by atoms with Gasteiger partial charge in [-0.25, -0.2) is 9.36 Å². The lowest BCUT2D eigenvalue weighted by Gasteiger charge is -2.16. The molecule has 5 rings (SSSR count). The summed E-state index contributed by atoms with van der Waals surface area (Å²) in [7, 11) is 1.82. The molecule has 0 saturated carbocycles. The van der Waals surface area contributed by atoms with E-state index in [1.54, 1.807) is 12.1 Å². The summed E-state index contributed by atoms with van der Waals surface area (Å²) in [6.45, 7) is 7.66. The average molecular weight is 495 g/mol. The summed E-state index contributed by atoms with van der Waals surface area (Å²) in [5.41, 5.74) is 5.92. The summed E-state index contributed by atoms with van der Waals surface area (Å²) in [5.74, 6) is -0.328. The topological polar surface area (TPSA) is 78.0 Å². The van der Waals surface area contributed by atoms with Crippen LogP contribution in [0.4, 0.5) is 5.69 Å². The number of anilines is 1. The van der Waals surface area contributed by atoms with Gasteiger partial charge in [0, 0.05) is 18.1 Å². The Kier molecular flexibility index (Phi) is 6.07. The molecule has 0 atom stereocenters. The number of nitrogens with one attached hydrogen (secondary N) is 1. The van der Waals surface area contributed by atoms with Crippen molar-refractivity contribution >= 4 is 33.5 Å². The van der Waals surface area contributed by atoms with Crippen molar-refractivity contribution in [2.75, 3.05) is 5.32 Å². The third kappa shape index (κ3) is 4.06. The van der Waals surface area contributed by atoms with Gasteiger partial charge in [-0.05, 0) is 62.6 Å². The van der Waals surface area contributed by atoms with Gasteiger partial charge >= 0.3 is 5.69 Å². The van der Waals surface area contributed by atoms with Crippen LogP contribution < -0.4 is 16.6 Å². The van der Waals surface area contributed by atoms with E-state index in [-0.39, 0.29) is 12.5 Å². The third-order valence-electron chi connectivity index (χ3n) is 7.02. The van der Waals surface area contributed by atoms with E-state index in [1.165, 1.54) is 4.57 Å². The zero-order valence-electron chi connectivity index (χ0n) is 21.8. The Hall–Kier alpha value is -4.39. The van der Waals surface area contributed by atoms with Crippen LogP contribution in [-0.2, 0) is 24.8 Å². The minimum atomic E-state index is -0.550. The standard InChI is InChI=1S/C30H30N4O3/c1-6-21-9-7-8-20(4)26(21)31-25(35)17-33-27-23-16-19(3)12-15-24(23)32(5)28(27)29(36)34(30(33)37)22-13-10-18(2)11-14-22/h7-16H,6,17H2,1-5H3,(H,31,35). The number of hydrogen-bond donors (Lipinski definition) is 1. The smallest absolute Gasteiger partial charge is 0.336 e. The number of aromatic nitrogens is 3. The fourth-order valence-electron chi connectivity index (χ4n) is 5.06. The minimum Gasteiger partial charge on any atom is -0.338 e. The first kappa shape index (κ1) is 24.3. The molecule has 3 aromatic carbocycles. The summed E-state index contributed by atoms with van der Waals surface area (Å²) in [4.78, 5) is 41.2.